The second kappa shape index (κ2) is 16.5. The van der Waals surface area contributed by atoms with Crippen molar-refractivity contribution in [2.45, 2.75) is 27.1 Å². The molecule has 0 aliphatic rings. The minimum absolute atomic E-state index is 0.0194. The summed E-state index contributed by atoms with van der Waals surface area (Å²) in [4.78, 5) is 21.1. The number of hydrogen-bond acceptors (Lipinski definition) is 7. The molecule has 0 aromatic heterocycles. The van der Waals surface area contributed by atoms with Crippen LogP contribution in [-0.4, -0.2) is 39.5 Å². The number of allylic oxidation sites excluding steroid dienone is 2. The first-order valence-electron chi connectivity index (χ1n) is 9.28. The van der Waals surface area contributed by atoms with E-state index >= 15 is 0 Å². The molecule has 174 valence electrons. The average Bonchev–Trinajstić information content (AvgIpc) is 2.82. The van der Waals surface area contributed by atoms with Crippen molar-refractivity contribution in [2.24, 2.45) is 0 Å². The number of esters is 1. The molecule has 9 heteroatoms. The van der Waals surface area contributed by atoms with Gasteiger partial charge in [0.2, 0.25) is 5.76 Å². The van der Waals surface area contributed by atoms with Gasteiger partial charge in [-0.25, -0.2) is 9.59 Å². The maximum Gasteiger partial charge on any atom is 0.371 e. The largest absolute Gasteiger partial charge is 0.508 e. The van der Waals surface area contributed by atoms with E-state index < -0.39 is 5.97 Å². The van der Waals surface area contributed by atoms with Crippen LogP contribution in [0.2, 0.25) is 0 Å². The molecule has 0 aliphatic carbocycles. The van der Waals surface area contributed by atoms with Crippen molar-refractivity contribution in [1.29, 1.82) is 0 Å². The van der Waals surface area contributed by atoms with Gasteiger partial charge in [-0.1, -0.05) is 30.3 Å². The number of ether oxygens (including phenoxy) is 2. The summed E-state index contributed by atoms with van der Waals surface area (Å²) in [5, 5.41) is 35.0. The average molecular weight is 511 g/mol. The number of phenols is 1. The molecule has 8 nitrogen and oxygen atoms in total. The molecular weight excluding hydrogens is 484 g/mol. The maximum atomic E-state index is 10.6. The van der Waals surface area contributed by atoms with Crippen molar-refractivity contribution in [3.05, 3.63) is 82.1 Å². The quantitative estimate of drug-likeness (QED) is 0.261. The van der Waals surface area contributed by atoms with E-state index in [0.717, 1.165) is 5.56 Å². The summed E-state index contributed by atoms with van der Waals surface area (Å²) in [6.45, 7) is 3.21. The lowest BCUT2D eigenvalue weighted by Crippen LogP contribution is -2.07. The highest BCUT2D eigenvalue weighted by atomic mass is 79.9. The third-order valence-corrected chi connectivity index (χ3v) is 4.29. The molecule has 0 heterocycles. The fourth-order valence-corrected chi connectivity index (χ4v) is 2.09. The number of benzene rings is 2. The molecule has 4 N–H and O–H groups in total. The Morgan fingerprint density at radius 1 is 0.969 bits per heavy atom. The molecule has 0 radical (unpaired) electrons. The Labute approximate surface area is 195 Å². The van der Waals surface area contributed by atoms with Gasteiger partial charge in [-0.15, -0.1) is 0 Å². The lowest BCUT2D eigenvalue weighted by atomic mass is 10.2. The molecule has 0 amide bonds. The Kier molecular flexibility index (Phi) is 14.9. The Balaban J connectivity index is 0.000000485. The third-order valence-electron chi connectivity index (χ3n) is 3.51. The number of aliphatic carboxylic acids is 1. The number of methoxy groups -OCH3 is 1. The molecule has 2 aromatic carbocycles. The van der Waals surface area contributed by atoms with Crippen molar-refractivity contribution >= 4 is 27.9 Å². The van der Waals surface area contributed by atoms with Crippen LogP contribution in [0.5, 0.6) is 11.5 Å². The minimum atomic E-state index is -1.12. The van der Waals surface area contributed by atoms with Gasteiger partial charge in [-0.3, -0.25) is 0 Å². The van der Waals surface area contributed by atoms with Gasteiger partial charge in [0, 0.05) is 0 Å². The van der Waals surface area contributed by atoms with Crippen LogP contribution in [0.3, 0.4) is 0 Å². The zero-order chi connectivity index (χ0) is 24.5. The molecule has 0 unspecified atom stereocenters. The van der Waals surface area contributed by atoms with E-state index in [0.29, 0.717) is 15.8 Å². The van der Waals surface area contributed by atoms with Gasteiger partial charge in [0.1, 0.15) is 11.5 Å². The highest BCUT2D eigenvalue weighted by Gasteiger charge is 2.08. The molecule has 2 aromatic rings. The van der Waals surface area contributed by atoms with Gasteiger partial charge in [0.15, 0.2) is 0 Å². The van der Waals surface area contributed by atoms with Crippen LogP contribution in [0.4, 0.5) is 0 Å². The van der Waals surface area contributed by atoms with E-state index in [4.69, 9.17) is 25.2 Å². The standard InChI is InChI=1S/C11H12O4.C7H8O2.C5H7BrO2/c1-2-10(11(13)14)15-9-5-3-4-8(6-9)7-12;8-5-6-2-1-3-7(9)4-6;1-3-4(6)5(7)8-2/h2-6,12H,7H2,1H3,(H,13,14);1-4,8-9H,5H2;3H,1-2H3/b10-2+;;4-3+. The molecular formula is C23H27BrO8. The van der Waals surface area contributed by atoms with Crippen molar-refractivity contribution in [1.82, 2.24) is 0 Å². The number of rotatable bonds is 6. The zero-order valence-corrected chi connectivity index (χ0v) is 19.6. The number of carbonyl (C=O) groups excluding carboxylic acids is 1. The number of carboxylic acids is 1. The normalized spacial score (nSPS) is 10.7. The van der Waals surface area contributed by atoms with E-state index in [1.807, 2.05) is 0 Å². The number of phenolic OH excluding ortho intramolecular Hbond substituents is 1. The van der Waals surface area contributed by atoms with Crippen LogP contribution in [-0.2, 0) is 27.5 Å². The van der Waals surface area contributed by atoms with Gasteiger partial charge in [0.25, 0.3) is 0 Å². The van der Waals surface area contributed by atoms with E-state index in [-0.39, 0.29) is 30.7 Å². The SMILES string of the molecule is C/C=C(/Br)C(=O)OC.C/C=C(/Oc1cccc(CO)c1)C(=O)O.OCc1cccc(O)c1. The highest BCUT2D eigenvalue weighted by Crippen LogP contribution is 2.16. The number of aliphatic hydroxyl groups is 2. The number of hydrogen-bond donors (Lipinski definition) is 4. The predicted molar refractivity (Wildman–Crippen MR) is 123 cm³/mol. The van der Waals surface area contributed by atoms with Crippen LogP contribution in [0.25, 0.3) is 0 Å². The van der Waals surface area contributed by atoms with Gasteiger partial charge in [-0.05, 0) is 71.2 Å². The second-order valence-electron chi connectivity index (χ2n) is 5.82. The number of carbonyl (C=O) groups is 2. The summed E-state index contributed by atoms with van der Waals surface area (Å²) < 4.78 is 9.93. The number of aromatic hydroxyl groups is 1. The summed E-state index contributed by atoms with van der Waals surface area (Å²) >= 11 is 2.99. The topological polar surface area (TPSA) is 134 Å². The number of halogens is 1. The summed E-state index contributed by atoms with van der Waals surface area (Å²) in [6.07, 6.45) is 3.00. The number of carboxylic acid groups (broad SMARTS) is 1. The smallest absolute Gasteiger partial charge is 0.371 e. The molecule has 2 rings (SSSR count). The Hall–Kier alpha value is -3.14. The fraction of sp³-hybridized carbons (Fsp3) is 0.217. The maximum absolute atomic E-state index is 10.6. The lowest BCUT2D eigenvalue weighted by Gasteiger charge is -2.06. The van der Waals surface area contributed by atoms with Gasteiger partial charge in [-0.2, -0.15) is 0 Å². The molecule has 0 saturated heterocycles. The van der Waals surface area contributed by atoms with Crippen molar-refractivity contribution in [2.75, 3.05) is 7.11 Å². The Morgan fingerprint density at radius 3 is 1.91 bits per heavy atom. The van der Waals surface area contributed by atoms with E-state index in [1.165, 1.54) is 19.3 Å². The Morgan fingerprint density at radius 2 is 1.53 bits per heavy atom. The summed E-state index contributed by atoms with van der Waals surface area (Å²) in [5.41, 5.74) is 1.41. The lowest BCUT2D eigenvalue weighted by molar-refractivity contribution is -0.136. The first-order valence-corrected chi connectivity index (χ1v) is 10.1. The highest BCUT2D eigenvalue weighted by molar-refractivity contribution is 9.12. The predicted octanol–water partition coefficient (Wildman–Crippen LogP) is 3.89. The fourth-order valence-electron chi connectivity index (χ4n) is 1.93. The van der Waals surface area contributed by atoms with E-state index in [1.54, 1.807) is 62.4 Å². The molecule has 0 fully saturated rings. The molecule has 0 spiro atoms. The van der Waals surface area contributed by atoms with Crippen molar-refractivity contribution in [3.8, 4) is 11.5 Å². The first kappa shape index (κ1) is 28.9. The van der Waals surface area contributed by atoms with Crippen LogP contribution < -0.4 is 4.74 Å². The monoisotopic (exact) mass is 510 g/mol. The van der Waals surface area contributed by atoms with Crippen LogP contribution in [0, 0.1) is 0 Å². The van der Waals surface area contributed by atoms with Gasteiger partial charge < -0.3 is 29.9 Å². The second-order valence-corrected chi connectivity index (χ2v) is 6.68. The molecule has 0 saturated carbocycles. The van der Waals surface area contributed by atoms with Crippen LogP contribution in [0.1, 0.15) is 25.0 Å². The van der Waals surface area contributed by atoms with Crippen molar-refractivity contribution in [3.63, 3.8) is 0 Å². The molecule has 32 heavy (non-hydrogen) atoms. The summed E-state index contributed by atoms with van der Waals surface area (Å²) in [5.74, 6) is -0.997. The van der Waals surface area contributed by atoms with Gasteiger partial charge in [0.05, 0.1) is 24.8 Å². The van der Waals surface area contributed by atoms with Gasteiger partial charge >= 0.3 is 11.9 Å². The molecule has 0 bridgehead atoms. The van der Waals surface area contributed by atoms with E-state index in [2.05, 4.69) is 20.7 Å². The molecule has 0 atom stereocenters. The van der Waals surface area contributed by atoms with E-state index in [9.17, 15) is 9.59 Å². The molecule has 0 aliphatic heterocycles. The van der Waals surface area contributed by atoms with Crippen molar-refractivity contribution < 1.29 is 39.5 Å². The van der Waals surface area contributed by atoms with Crippen LogP contribution >= 0.6 is 15.9 Å². The number of aliphatic hydroxyl groups excluding tert-OH is 2. The minimum Gasteiger partial charge on any atom is -0.508 e. The van der Waals surface area contributed by atoms with Crippen LogP contribution in [0.15, 0.2) is 70.9 Å². The summed E-state index contributed by atoms with van der Waals surface area (Å²) in [6, 6.07) is 13.2. The zero-order valence-electron chi connectivity index (χ0n) is 18.0. The third kappa shape index (κ3) is 11.9. The first-order chi connectivity index (χ1) is 15.2. The summed E-state index contributed by atoms with van der Waals surface area (Å²) in [7, 11) is 1.34. The Bertz CT molecular complexity index is 922.